The normalized spacial score (nSPS) is 21.5. The van der Waals surface area contributed by atoms with E-state index in [2.05, 4.69) is 0 Å². The van der Waals surface area contributed by atoms with Crippen LogP contribution in [0.4, 0.5) is 0 Å². The Kier molecular flexibility index (Phi) is 8.40. The molecule has 1 saturated carbocycles. The Morgan fingerprint density at radius 1 is 0.619 bits per heavy atom. The summed E-state index contributed by atoms with van der Waals surface area (Å²) in [5.41, 5.74) is -0.536. The van der Waals surface area contributed by atoms with Gasteiger partial charge in [-0.1, -0.05) is 64.2 Å². The van der Waals surface area contributed by atoms with E-state index >= 15 is 0 Å². The van der Waals surface area contributed by atoms with Gasteiger partial charge in [0.2, 0.25) is 0 Å². The van der Waals surface area contributed by atoms with Gasteiger partial charge in [-0.25, -0.2) is 0 Å². The third kappa shape index (κ3) is 8.08. The van der Waals surface area contributed by atoms with Gasteiger partial charge < -0.3 is 10.2 Å². The maximum atomic E-state index is 11.2. The zero-order valence-electron chi connectivity index (χ0n) is 13.1. The van der Waals surface area contributed by atoms with E-state index in [1.807, 2.05) is 0 Å². The van der Waals surface area contributed by atoms with Gasteiger partial charge >= 0.3 is 11.9 Å². The first-order valence-corrected chi connectivity index (χ1v) is 8.48. The smallest absolute Gasteiger partial charge is 0.303 e. The summed E-state index contributed by atoms with van der Waals surface area (Å²) >= 11 is 0. The van der Waals surface area contributed by atoms with Gasteiger partial charge in [-0.2, -0.15) is 0 Å². The summed E-state index contributed by atoms with van der Waals surface area (Å²) in [6, 6.07) is 0. The molecule has 0 spiro atoms. The Bertz CT molecular complexity index is 293. The molecule has 0 aromatic heterocycles. The van der Waals surface area contributed by atoms with Gasteiger partial charge in [-0.15, -0.1) is 0 Å². The zero-order chi connectivity index (χ0) is 15.6. The number of aliphatic carboxylic acids is 2. The third-order valence-electron chi connectivity index (χ3n) is 4.72. The van der Waals surface area contributed by atoms with Gasteiger partial charge in [-0.05, 0) is 18.3 Å². The molecule has 0 bridgehead atoms. The zero-order valence-corrected chi connectivity index (χ0v) is 13.1. The van der Waals surface area contributed by atoms with E-state index in [1.165, 1.54) is 38.5 Å². The number of rotatable bonds is 4. The molecular formula is C17H30O4. The first kappa shape index (κ1) is 18.0. The molecule has 0 amide bonds. The highest BCUT2D eigenvalue weighted by molar-refractivity contribution is 5.71. The lowest BCUT2D eigenvalue weighted by molar-refractivity contribution is -0.144. The Hall–Kier alpha value is -1.06. The van der Waals surface area contributed by atoms with E-state index in [0.717, 1.165) is 38.5 Å². The third-order valence-corrected chi connectivity index (χ3v) is 4.72. The maximum Gasteiger partial charge on any atom is 0.303 e. The van der Waals surface area contributed by atoms with Crippen molar-refractivity contribution < 1.29 is 19.8 Å². The molecule has 0 saturated heterocycles. The van der Waals surface area contributed by atoms with Crippen LogP contribution in [0.5, 0.6) is 0 Å². The van der Waals surface area contributed by atoms with E-state index in [-0.39, 0.29) is 12.8 Å². The van der Waals surface area contributed by atoms with Crippen LogP contribution in [0.3, 0.4) is 0 Å². The van der Waals surface area contributed by atoms with Crippen molar-refractivity contribution in [1.29, 1.82) is 0 Å². The van der Waals surface area contributed by atoms with Crippen LogP contribution in [-0.2, 0) is 9.59 Å². The number of carboxylic acid groups (broad SMARTS) is 2. The van der Waals surface area contributed by atoms with Gasteiger partial charge in [0, 0.05) is 0 Å². The number of carboxylic acids is 2. The molecule has 0 heterocycles. The van der Waals surface area contributed by atoms with Crippen LogP contribution < -0.4 is 0 Å². The Balaban J connectivity index is 2.70. The van der Waals surface area contributed by atoms with Crippen molar-refractivity contribution in [3.05, 3.63) is 0 Å². The van der Waals surface area contributed by atoms with E-state index in [1.54, 1.807) is 0 Å². The predicted octanol–water partition coefficient (Wildman–Crippen LogP) is 4.62. The fourth-order valence-corrected chi connectivity index (χ4v) is 3.60. The second kappa shape index (κ2) is 9.80. The van der Waals surface area contributed by atoms with E-state index in [0.29, 0.717) is 0 Å². The summed E-state index contributed by atoms with van der Waals surface area (Å²) in [7, 11) is 0. The Morgan fingerprint density at radius 3 is 1.19 bits per heavy atom. The molecular weight excluding hydrogens is 268 g/mol. The second-order valence-electron chi connectivity index (χ2n) is 6.68. The molecule has 0 radical (unpaired) electrons. The molecule has 1 rings (SSSR count). The van der Waals surface area contributed by atoms with Gasteiger partial charge in [0.05, 0.1) is 12.8 Å². The number of carbonyl (C=O) groups is 2. The second-order valence-corrected chi connectivity index (χ2v) is 6.68. The Labute approximate surface area is 127 Å². The first-order chi connectivity index (χ1) is 10.0. The molecule has 1 fully saturated rings. The van der Waals surface area contributed by atoms with Crippen LogP contribution >= 0.6 is 0 Å². The largest absolute Gasteiger partial charge is 0.481 e. The molecule has 4 nitrogen and oxygen atoms in total. The first-order valence-electron chi connectivity index (χ1n) is 8.48. The average molecular weight is 298 g/mol. The van der Waals surface area contributed by atoms with Crippen LogP contribution in [0.25, 0.3) is 0 Å². The van der Waals surface area contributed by atoms with Crippen LogP contribution in [-0.4, -0.2) is 22.2 Å². The molecule has 2 N–H and O–H groups in total. The van der Waals surface area contributed by atoms with Gasteiger partial charge in [0.1, 0.15) is 0 Å². The maximum absolute atomic E-state index is 11.2. The van der Waals surface area contributed by atoms with Crippen LogP contribution in [0.2, 0.25) is 0 Å². The summed E-state index contributed by atoms with van der Waals surface area (Å²) in [6.45, 7) is 0. The van der Waals surface area contributed by atoms with Crippen molar-refractivity contribution >= 4 is 11.9 Å². The highest BCUT2D eigenvalue weighted by Crippen LogP contribution is 2.39. The Morgan fingerprint density at radius 2 is 0.905 bits per heavy atom. The van der Waals surface area contributed by atoms with Gasteiger partial charge in [-0.3, -0.25) is 9.59 Å². The van der Waals surface area contributed by atoms with Crippen molar-refractivity contribution in [2.24, 2.45) is 5.41 Å². The SMILES string of the molecule is O=C(O)CC1(CC(=O)O)CCCCCCCCCCCC1. The summed E-state index contributed by atoms with van der Waals surface area (Å²) in [5.74, 6) is -1.72. The topological polar surface area (TPSA) is 74.6 Å². The minimum atomic E-state index is -0.861. The minimum absolute atomic E-state index is 0.000694. The molecule has 0 aromatic rings. The van der Waals surface area contributed by atoms with Crippen molar-refractivity contribution in [3.8, 4) is 0 Å². The molecule has 1 aliphatic rings. The fourth-order valence-electron chi connectivity index (χ4n) is 3.60. The van der Waals surface area contributed by atoms with E-state index in [9.17, 15) is 19.8 Å². The molecule has 1 aliphatic carbocycles. The summed E-state index contributed by atoms with van der Waals surface area (Å²) in [6.07, 6.45) is 13.1. The van der Waals surface area contributed by atoms with Crippen molar-refractivity contribution in [1.82, 2.24) is 0 Å². The highest BCUT2D eigenvalue weighted by atomic mass is 16.4. The number of hydrogen-bond donors (Lipinski definition) is 2. The monoisotopic (exact) mass is 298 g/mol. The summed E-state index contributed by atoms with van der Waals surface area (Å²) < 4.78 is 0. The van der Waals surface area contributed by atoms with Crippen molar-refractivity contribution in [2.75, 3.05) is 0 Å². The fraction of sp³-hybridized carbons (Fsp3) is 0.882. The standard InChI is InChI=1S/C17H30O4/c18-15(19)13-17(14-16(20)21)11-9-7-5-3-1-2-4-6-8-10-12-17/h1-14H2,(H,18,19)(H,20,21). The van der Waals surface area contributed by atoms with Crippen LogP contribution in [0.1, 0.15) is 89.9 Å². The molecule has 0 aliphatic heterocycles. The molecule has 0 atom stereocenters. The molecule has 21 heavy (non-hydrogen) atoms. The quantitative estimate of drug-likeness (QED) is 0.794. The lowest BCUT2D eigenvalue weighted by atomic mass is 9.73. The highest BCUT2D eigenvalue weighted by Gasteiger charge is 2.34. The lowest BCUT2D eigenvalue weighted by Crippen LogP contribution is -2.28. The lowest BCUT2D eigenvalue weighted by Gasteiger charge is -2.31. The summed E-state index contributed by atoms with van der Waals surface area (Å²) in [4.78, 5) is 22.4. The molecule has 4 heteroatoms. The van der Waals surface area contributed by atoms with Crippen LogP contribution in [0.15, 0.2) is 0 Å². The van der Waals surface area contributed by atoms with Gasteiger partial charge in [0.25, 0.3) is 0 Å². The van der Waals surface area contributed by atoms with Crippen LogP contribution in [0, 0.1) is 5.41 Å². The van der Waals surface area contributed by atoms with E-state index < -0.39 is 17.4 Å². The molecule has 122 valence electrons. The average Bonchev–Trinajstić information content (AvgIpc) is 2.39. The molecule has 0 aromatic carbocycles. The molecule has 0 unspecified atom stereocenters. The number of hydrogen-bond acceptors (Lipinski definition) is 2. The van der Waals surface area contributed by atoms with E-state index in [4.69, 9.17) is 0 Å². The van der Waals surface area contributed by atoms with Crippen molar-refractivity contribution in [3.63, 3.8) is 0 Å². The van der Waals surface area contributed by atoms with Crippen molar-refractivity contribution in [2.45, 2.75) is 89.9 Å². The predicted molar refractivity (Wildman–Crippen MR) is 82.3 cm³/mol. The summed E-state index contributed by atoms with van der Waals surface area (Å²) in [5, 5.41) is 18.4. The van der Waals surface area contributed by atoms with Gasteiger partial charge in [0.15, 0.2) is 0 Å². The minimum Gasteiger partial charge on any atom is -0.481 e.